The largest absolute Gasteiger partial charge is 0.490 e. The molecule has 1 atom stereocenters. The zero-order valence-corrected chi connectivity index (χ0v) is 16.7. The summed E-state index contributed by atoms with van der Waals surface area (Å²) < 4.78 is 7.98. The van der Waals surface area contributed by atoms with Crippen LogP contribution in [0, 0.1) is 5.92 Å². The van der Waals surface area contributed by atoms with Crippen molar-refractivity contribution < 1.29 is 14.5 Å². The lowest BCUT2D eigenvalue weighted by Gasteiger charge is -2.25. The van der Waals surface area contributed by atoms with E-state index in [0.29, 0.717) is 23.8 Å². The minimum atomic E-state index is -0.381. The number of rotatable bonds is 4. The van der Waals surface area contributed by atoms with Crippen LogP contribution in [0.5, 0.6) is 5.75 Å². The van der Waals surface area contributed by atoms with Gasteiger partial charge in [0.2, 0.25) is 0 Å². The molecule has 0 saturated heterocycles. The van der Waals surface area contributed by atoms with Crippen molar-refractivity contribution in [3.63, 3.8) is 0 Å². The van der Waals surface area contributed by atoms with E-state index >= 15 is 0 Å². The number of aryl methyl sites for hydroxylation is 1. The van der Waals surface area contributed by atoms with Gasteiger partial charge in [0.05, 0.1) is 12.1 Å². The minimum Gasteiger partial charge on any atom is -0.490 e. The molecule has 0 bridgehead atoms. The summed E-state index contributed by atoms with van der Waals surface area (Å²) in [5, 5.41) is 0. The number of allylic oxidation sites excluding steroid dienone is 1. The number of likely N-dealkylation sites (N-methyl/N-ethyl adjacent to an activating group) is 1. The summed E-state index contributed by atoms with van der Waals surface area (Å²) in [5.41, 5.74) is 4.11. The van der Waals surface area contributed by atoms with Crippen LogP contribution in [0.3, 0.4) is 0 Å². The third kappa shape index (κ3) is 2.84. The summed E-state index contributed by atoms with van der Waals surface area (Å²) in [4.78, 5) is 32.5. The van der Waals surface area contributed by atoms with Crippen LogP contribution in [0.25, 0.3) is 16.6 Å². The number of carbonyl (C=O) groups is 1. The maximum Gasteiger partial charge on any atom is 0.326 e. The Morgan fingerprint density at radius 1 is 1.21 bits per heavy atom. The molecule has 2 aromatic rings. The van der Waals surface area contributed by atoms with Crippen LogP contribution in [0.2, 0.25) is 0 Å². The quantitative estimate of drug-likeness (QED) is 0.803. The number of nitrogens with one attached hydrogen (secondary N) is 2. The normalized spacial score (nSPS) is 21.7. The van der Waals surface area contributed by atoms with E-state index in [0.717, 1.165) is 22.2 Å². The van der Waals surface area contributed by atoms with E-state index in [1.807, 2.05) is 30.6 Å². The van der Waals surface area contributed by atoms with Gasteiger partial charge in [0.25, 0.3) is 11.9 Å². The first-order valence-corrected chi connectivity index (χ1v) is 10.2. The van der Waals surface area contributed by atoms with Crippen molar-refractivity contribution in [2.75, 3.05) is 13.7 Å². The van der Waals surface area contributed by atoms with E-state index in [1.165, 1.54) is 25.7 Å². The monoisotopic (exact) mass is 393 g/mol. The third-order valence-corrected chi connectivity index (χ3v) is 6.33. The molecule has 2 aliphatic heterocycles. The highest BCUT2D eigenvalue weighted by atomic mass is 16.5. The zero-order chi connectivity index (χ0) is 20.1. The summed E-state index contributed by atoms with van der Waals surface area (Å²) in [5.74, 6) is 1.25. The standard InChI is InChI=1S/C22H24N4O3/c1-25-11-16(14-9-10-23-18(14)21(25)27)15-7-8-17-19(24-22(28)26(17)2)20(15)29-12-13-5-3-4-6-13/h7-11,13,18H,3-6,12H2,1-2H3,(H,24,28)/p+1. The Morgan fingerprint density at radius 2 is 2.00 bits per heavy atom. The maximum absolute atomic E-state index is 12.5. The van der Waals surface area contributed by atoms with Crippen LogP contribution < -0.4 is 15.4 Å². The first-order valence-electron chi connectivity index (χ1n) is 10.2. The number of benzene rings is 1. The smallest absolute Gasteiger partial charge is 0.326 e. The second kappa shape index (κ2) is 6.76. The molecule has 7 nitrogen and oxygen atoms in total. The molecule has 29 heavy (non-hydrogen) atoms. The van der Waals surface area contributed by atoms with Gasteiger partial charge in [0.15, 0.2) is 12.0 Å². The van der Waals surface area contributed by atoms with E-state index < -0.39 is 0 Å². The third-order valence-electron chi connectivity index (χ3n) is 6.33. The van der Waals surface area contributed by atoms with Crippen LogP contribution in [-0.2, 0) is 11.8 Å². The predicted molar refractivity (Wildman–Crippen MR) is 111 cm³/mol. The van der Waals surface area contributed by atoms with Crippen LogP contribution in [0.4, 0.5) is 0 Å². The number of amides is 1. The van der Waals surface area contributed by atoms with Crippen LogP contribution in [0.1, 0.15) is 31.2 Å². The molecule has 1 amide bonds. The van der Waals surface area contributed by atoms with Crippen molar-refractivity contribution in [2.45, 2.75) is 31.7 Å². The molecule has 1 saturated carbocycles. The number of H-pyrrole nitrogens is 1. The second-order valence-corrected chi connectivity index (χ2v) is 8.17. The van der Waals surface area contributed by atoms with Crippen LogP contribution in [-0.4, -0.2) is 46.3 Å². The van der Waals surface area contributed by atoms with Crippen molar-refractivity contribution in [3.8, 4) is 5.75 Å². The lowest BCUT2D eigenvalue weighted by Crippen LogP contribution is -2.78. The molecule has 1 unspecified atom stereocenters. The molecular formula is C22H25N4O3+. The highest BCUT2D eigenvalue weighted by molar-refractivity contribution is 6.03. The van der Waals surface area contributed by atoms with E-state index in [9.17, 15) is 9.59 Å². The Bertz CT molecular complexity index is 1140. The molecule has 1 fully saturated rings. The average Bonchev–Trinajstić information content (AvgIpc) is 3.45. The second-order valence-electron chi connectivity index (χ2n) is 8.17. The topological polar surface area (TPSA) is 81.3 Å². The van der Waals surface area contributed by atoms with Crippen molar-refractivity contribution in [2.24, 2.45) is 13.0 Å². The zero-order valence-electron chi connectivity index (χ0n) is 16.7. The number of hydrogen-bond donors (Lipinski definition) is 2. The molecule has 1 aromatic heterocycles. The fourth-order valence-electron chi connectivity index (χ4n) is 4.64. The Kier molecular flexibility index (Phi) is 4.19. The van der Waals surface area contributed by atoms with Crippen molar-refractivity contribution >= 4 is 28.7 Å². The molecule has 0 spiro atoms. The summed E-state index contributed by atoms with van der Waals surface area (Å²) in [6.45, 7) is 0.637. The molecule has 150 valence electrons. The van der Waals surface area contributed by atoms with Gasteiger partial charge in [0, 0.05) is 43.1 Å². The van der Waals surface area contributed by atoms with E-state index in [1.54, 1.807) is 23.6 Å². The van der Waals surface area contributed by atoms with Gasteiger partial charge in [-0.3, -0.25) is 9.36 Å². The predicted octanol–water partition coefficient (Wildman–Crippen LogP) is 0.709. The van der Waals surface area contributed by atoms with Crippen molar-refractivity contribution in [1.82, 2.24) is 14.5 Å². The highest BCUT2D eigenvalue weighted by Gasteiger charge is 2.39. The fourth-order valence-corrected chi connectivity index (χ4v) is 4.64. The molecule has 5 rings (SSSR count). The Labute approximate surface area is 168 Å². The lowest BCUT2D eigenvalue weighted by molar-refractivity contribution is -0.467. The highest BCUT2D eigenvalue weighted by Crippen LogP contribution is 2.39. The van der Waals surface area contributed by atoms with Gasteiger partial charge >= 0.3 is 5.69 Å². The van der Waals surface area contributed by atoms with Gasteiger partial charge in [-0.05, 0) is 30.9 Å². The minimum absolute atomic E-state index is 0.0105. The van der Waals surface area contributed by atoms with E-state index in [2.05, 4.69) is 9.98 Å². The summed E-state index contributed by atoms with van der Waals surface area (Å²) in [6, 6.07) is 3.54. The van der Waals surface area contributed by atoms with E-state index in [-0.39, 0.29) is 17.6 Å². The van der Waals surface area contributed by atoms with Crippen LogP contribution >= 0.6 is 0 Å². The van der Waals surface area contributed by atoms with Gasteiger partial charge in [-0.1, -0.05) is 12.8 Å². The molecule has 3 aliphatic rings. The van der Waals surface area contributed by atoms with Crippen LogP contribution in [0.15, 0.2) is 34.8 Å². The number of nitrogens with zero attached hydrogens (tertiary/aromatic N) is 2. The number of aromatic amines is 1. The summed E-state index contributed by atoms with van der Waals surface area (Å²) in [7, 11) is 3.52. The number of ether oxygens (including phenoxy) is 1. The number of aromatic nitrogens is 2. The first-order chi connectivity index (χ1) is 14.0. The summed E-state index contributed by atoms with van der Waals surface area (Å²) >= 11 is 0. The van der Waals surface area contributed by atoms with Gasteiger partial charge in [-0.25, -0.2) is 9.79 Å². The van der Waals surface area contributed by atoms with Gasteiger partial charge < -0.3 is 14.6 Å². The number of hydrogen-bond acceptors (Lipinski definition) is 3. The number of carbonyl (C=O) groups excluding carboxylic acids is 1. The molecule has 7 heteroatoms. The van der Waals surface area contributed by atoms with Crippen molar-refractivity contribution in [1.29, 1.82) is 0 Å². The number of imidazole rings is 1. The lowest BCUT2D eigenvalue weighted by atomic mass is 9.90. The van der Waals surface area contributed by atoms with Gasteiger partial charge in [-0.2, -0.15) is 0 Å². The number of fused-ring (bicyclic) bond motifs is 2. The molecule has 2 N–H and O–H groups in total. The fraction of sp³-hybridized carbons (Fsp3) is 0.409. The molecular weight excluding hydrogens is 368 g/mol. The Morgan fingerprint density at radius 3 is 2.79 bits per heavy atom. The Hall–Kier alpha value is -3.09. The SMILES string of the molecule is CN1C=C(c2ccc3c([nH]c(=O)n3C)c2OCC2CCCC2)C2=CC=[NH+]C2C1=O. The first kappa shape index (κ1) is 18.0. The molecule has 0 radical (unpaired) electrons. The Balaban J connectivity index is 1.64. The summed E-state index contributed by atoms with van der Waals surface area (Å²) in [6.07, 6.45) is 10.5. The molecule has 1 aliphatic carbocycles. The molecule has 1 aromatic carbocycles. The van der Waals surface area contributed by atoms with Crippen molar-refractivity contribution in [3.05, 3.63) is 46.0 Å². The van der Waals surface area contributed by atoms with E-state index in [4.69, 9.17) is 4.74 Å². The average molecular weight is 393 g/mol. The van der Waals surface area contributed by atoms with Gasteiger partial charge in [0.1, 0.15) is 5.52 Å². The van der Waals surface area contributed by atoms with Gasteiger partial charge in [-0.15, -0.1) is 0 Å². The molecule has 3 heterocycles. The maximum atomic E-state index is 12.5.